The van der Waals surface area contributed by atoms with Crippen molar-refractivity contribution in [3.8, 4) is 0 Å². The first-order valence-electron chi connectivity index (χ1n) is 11.2. The number of aryl methyl sites for hydroxylation is 1. The van der Waals surface area contributed by atoms with Crippen LogP contribution in [0.3, 0.4) is 0 Å². The minimum absolute atomic E-state index is 0.149. The maximum Gasteiger partial charge on any atom is 0.407 e. The number of alkyl carbamates (subject to hydrolysis) is 1. The number of ether oxygens (including phenoxy) is 1. The predicted molar refractivity (Wildman–Crippen MR) is 135 cm³/mol. The zero-order chi connectivity index (χ0) is 27.6. The Kier molecular flexibility index (Phi) is 9.92. The molecule has 0 bridgehead atoms. The van der Waals surface area contributed by atoms with Crippen LogP contribution in [0.2, 0.25) is 0 Å². The van der Waals surface area contributed by atoms with E-state index in [-0.39, 0.29) is 25.2 Å². The molecule has 198 valence electrons. The van der Waals surface area contributed by atoms with Crippen molar-refractivity contribution >= 4 is 35.5 Å². The molecule has 13 nitrogen and oxygen atoms in total. The van der Waals surface area contributed by atoms with Gasteiger partial charge in [0, 0.05) is 30.6 Å². The van der Waals surface area contributed by atoms with E-state index < -0.39 is 42.4 Å². The SMILES string of the molecule is COC(=O)N[C@](CCC(=O)O)(Cc1cccc(C(=N)N)c1)C(=O)NCC(=O)NCc1ccc(N)nc1C. The average molecular weight is 514 g/mol. The molecule has 0 unspecified atom stereocenters. The average Bonchev–Trinajstić information content (AvgIpc) is 2.85. The number of pyridine rings is 1. The van der Waals surface area contributed by atoms with E-state index in [9.17, 15) is 24.3 Å². The fraction of sp³-hybridized carbons (Fsp3) is 0.333. The second kappa shape index (κ2) is 12.9. The van der Waals surface area contributed by atoms with Crippen molar-refractivity contribution in [3.63, 3.8) is 0 Å². The van der Waals surface area contributed by atoms with E-state index in [2.05, 4.69) is 25.7 Å². The van der Waals surface area contributed by atoms with Gasteiger partial charge in [0.2, 0.25) is 11.8 Å². The van der Waals surface area contributed by atoms with Gasteiger partial charge in [-0.1, -0.05) is 24.3 Å². The van der Waals surface area contributed by atoms with Crippen LogP contribution in [0.4, 0.5) is 10.6 Å². The molecule has 2 rings (SSSR count). The van der Waals surface area contributed by atoms with E-state index >= 15 is 0 Å². The number of aromatic nitrogens is 1. The zero-order valence-corrected chi connectivity index (χ0v) is 20.6. The van der Waals surface area contributed by atoms with E-state index in [1.54, 1.807) is 43.3 Å². The van der Waals surface area contributed by atoms with Gasteiger partial charge in [-0.05, 0) is 36.6 Å². The number of carbonyl (C=O) groups excluding carboxylic acids is 3. The number of nitrogens with two attached hydrogens (primary N) is 2. The van der Waals surface area contributed by atoms with Crippen molar-refractivity contribution in [1.29, 1.82) is 5.41 Å². The second-order valence-electron chi connectivity index (χ2n) is 8.32. The summed E-state index contributed by atoms with van der Waals surface area (Å²) in [6, 6.07) is 9.74. The Morgan fingerprint density at radius 1 is 1.16 bits per heavy atom. The monoisotopic (exact) mass is 513 g/mol. The van der Waals surface area contributed by atoms with Crippen LogP contribution in [0, 0.1) is 12.3 Å². The van der Waals surface area contributed by atoms with Gasteiger partial charge in [0.1, 0.15) is 17.2 Å². The summed E-state index contributed by atoms with van der Waals surface area (Å²) in [7, 11) is 1.10. The lowest BCUT2D eigenvalue weighted by molar-refractivity contribution is -0.138. The Morgan fingerprint density at radius 2 is 1.89 bits per heavy atom. The number of benzene rings is 1. The Bertz CT molecular complexity index is 1190. The lowest BCUT2D eigenvalue weighted by Crippen LogP contribution is -2.61. The smallest absolute Gasteiger partial charge is 0.407 e. The summed E-state index contributed by atoms with van der Waals surface area (Å²) in [5, 5.41) is 24.5. The molecule has 0 saturated carbocycles. The minimum atomic E-state index is -1.78. The molecular weight excluding hydrogens is 482 g/mol. The topological polar surface area (TPSA) is 223 Å². The summed E-state index contributed by atoms with van der Waals surface area (Å²) >= 11 is 0. The van der Waals surface area contributed by atoms with Gasteiger partial charge in [-0.3, -0.25) is 19.8 Å². The number of amidine groups is 1. The highest BCUT2D eigenvalue weighted by atomic mass is 16.5. The molecule has 1 heterocycles. The molecule has 1 aromatic heterocycles. The minimum Gasteiger partial charge on any atom is -0.481 e. The molecule has 0 aliphatic carbocycles. The number of aliphatic carboxylic acids is 1. The van der Waals surface area contributed by atoms with Gasteiger partial charge in [0.25, 0.3) is 0 Å². The molecule has 13 heteroatoms. The van der Waals surface area contributed by atoms with Crippen LogP contribution in [0.25, 0.3) is 0 Å². The fourth-order valence-corrected chi connectivity index (χ4v) is 3.59. The summed E-state index contributed by atoms with van der Waals surface area (Å²) in [5.74, 6) is -2.34. The molecule has 1 aromatic carbocycles. The third kappa shape index (κ3) is 8.49. The lowest BCUT2D eigenvalue weighted by Gasteiger charge is -2.33. The summed E-state index contributed by atoms with van der Waals surface area (Å²) in [6.45, 7) is 1.46. The standard InChI is InChI=1S/C24H31N7O6/c1-14-17(6-7-18(25)30-14)12-28-19(32)13-29-22(35)24(9-8-20(33)34,31-23(36)37-2)11-15-4-3-5-16(10-15)21(26)27/h3-7,10H,8-9,11-13H2,1-2H3,(H2,25,30)(H3,26,27)(H,28,32)(H,29,35)(H,31,36)(H,33,34)/t24-/m1/s1. The number of nitrogen functional groups attached to an aromatic ring is 2. The molecule has 0 aliphatic rings. The molecule has 9 N–H and O–H groups in total. The largest absolute Gasteiger partial charge is 0.481 e. The summed E-state index contributed by atoms with van der Waals surface area (Å²) in [6.07, 6.45) is -1.87. The van der Waals surface area contributed by atoms with E-state index in [0.29, 0.717) is 22.6 Å². The van der Waals surface area contributed by atoms with Crippen LogP contribution in [-0.2, 0) is 32.1 Å². The first-order chi connectivity index (χ1) is 17.5. The van der Waals surface area contributed by atoms with Gasteiger partial charge in [0.05, 0.1) is 13.7 Å². The van der Waals surface area contributed by atoms with Crippen molar-refractivity contribution in [1.82, 2.24) is 20.9 Å². The predicted octanol–water partition coefficient (Wildman–Crippen LogP) is 0.191. The molecule has 1 atom stereocenters. The Balaban J connectivity index is 2.23. The summed E-state index contributed by atoms with van der Waals surface area (Å²) < 4.78 is 4.67. The highest BCUT2D eigenvalue weighted by molar-refractivity contribution is 5.95. The Labute approximate surface area is 213 Å². The van der Waals surface area contributed by atoms with E-state index in [1.165, 1.54) is 0 Å². The zero-order valence-electron chi connectivity index (χ0n) is 20.6. The summed E-state index contributed by atoms with van der Waals surface area (Å²) in [5.41, 5.74) is 11.7. The number of nitrogens with one attached hydrogen (secondary N) is 4. The van der Waals surface area contributed by atoms with E-state index in [4.69, 9.17) is 16.9 Å². The quantitative estimate of drug-likeness (QED) is 0.152. The molecule has 0 fully saturated rings. The molecule has 0 aliphatic heterocycles. The Hall–Kier alpha value is -4.68. The molecule has 3 amide bonds. The van der Waals surface area contributed by atoms with Crippen LogP contribution in [0.5, 0.6) is 0 Å². The fourth-order valence-electron chi connectivity index (χ4n) is 3.59. The van der Waals surface area contributed by atoms with Crippen LogP contribution >= 0.6 is 0 Å². The number of rotatable bonds is 12. The number of methoxy groups -OCH3 is 1. The van der Waals surface area contributed by atoms with Crippen LogP contribution < -0.4 is 27.4 Å². The number of amides is 3. The molecular formula is C24H31N7O6. The van der Waals surface area contributed by atoms with E-state index in [1.807, 2.05) is 0 Å². The normalized spacial score (nSPS) is 12.1. The number of carboxylic acid groups (broad SMARTS) is 1. The maximum absolute atomic E-state index is 13.4. The van der Waals surface area contributed by atoms with Crippen molar-refractivity contribution in [3.05, 3.63) is 58.8 Å². The van der Waals surface area contributed by atoms with Gasteiger partial charge >= 0.3 is 12.1 Å². The van der Waals surface area contributed by atoms with Gasteiger partial charge in [-0.15, -0.1) is 0 Å². The second-order valence-corrected chi connectivity index (χ2v) is 8.32. The lowest BCUT2D eigenvalue weighted by atomic mass is 9.84. The van der Waals surface area contributed by atoms with Crippen molar-refractivity contribution in [2.75, 3.05) is 19.4 Å². The molecule has 2 aromatic rings. The maximum atomic E-state index is 13.4. The number of carboxylic acids is 1. The van der Waals surface area contributed by atoms with Crippen molar-refractivity contribution in [2.24, 2.45) is 5.73 Å². The van der Waals surface area contributed by atoms with E-state index in [0.717, 1.165) is 12.7 Å². The van der Waals surface area contributed by atoms with Crippen LogP contribution in [0.1, 0.15) is 35.2 Å². The van der Waals surface area contributed by atoms with Gasteiger partial charge in [-0.25, -0.2) is 9.78 Å². The van der Waals surface area contributed by atoms with Crippen LogP contribution in [0.15, 0.2) is 36.4 Å². The van der Waals surface area contributed by atoms with Crippen molar-refractivity contribution in [2.45, 2.75) is 38.3 Å². The van der Waals surface area contributed by atoms with Gasteiger partial charge in [-0.2, -0.15) is 0 Å². The van der Waals surface area contributed by atoms with Crippen LogP contribution in [-0.4, -0.2) is 59.0 Å². The van der Waals surface area contributed by atoms with Gasteiger partial charge < -0.3 is 37.3 Å². The Morgan fingerprint density at radius 3 is 2.51 bits per heavy atom. The molecule has 0 radical (unpaired) electrons. The highest BCUT2D eigenvalue weighted by Crippen LogP contribution is 2.22. The number of hydrogen-bond donors (Lipinski definition) is 7. The molecule has 0 spiro atoms. The molecule has 0 saturated heterocycles. The number of anilines is 1. The number of carbonyl (C=O) groups is 4. The first-order valence-corrected chi connectivity index (χ1v) is 11.2. The third-order valence-electron chi connectivity index (χ3n) is 5.57. The number of nitrogens with zero attached hydrogens (tertiary/aromatic N) is 1. The highest BCUT2D eigenvalue weighted by Gasteiger charge is 2.41. The first kappa shape index (κ1) is 28.6. The summed E-state index contributed by atoms with van der Waals surface area (Å²) in [4.78, 5) is 53.5. The number of hydrogen-bond acceptors (Lipinski definition) is 8. The van der Waals surface area contributed by atoms with Gasteiger partial charge in [0.15, 0.2) is 0 Å². The third-order valence-corrected chi connectivity index (χ3v) is 5.57. The van der Waals surface area contributed by atoms with Crippen molar-refractivity contribution < 1.29 is 29.0 Å². The molecule has 37 heavy (non-hydrogen) atoms.